The maximum absolute atomic E-state index is 11.0. The first-order valence-electron chi connectivity index (χ1n) is 2.79. The molecule has 0 spiro atoms. The van der Waals surface area contributed by atoms with Crippen LogP contribution in [0, 0.1) is 5.92 Å². The number of hydrogen-bond acceptors (Lipinski definition) is 1. The van der Waals surface area contributed by atoms with Gasteiger partial charge in [-0.05, 0) is 0 Å². The first kappa shape index (κ1) is 8.47. The van der Waals surface area contributed by atoms with Crippen LogP contribution < -0.4 is 0 Å². The molecule has 10 heavy (non-hydrogen) atoms. The molecular formula is C7H6IORu. The van der Waals surface area contributed by atoms with Gasteiger partial charge in [0.15, 0.2) is 0 Å². The van der Waals surface area contributed by atoms with Gasteiger partial charge in [-0.1, -0.05) is 0 Å². The predicted molar refractivity (Wildman–Crippen MR) is 46.9 cm³/mol. The molecule has 1 unspecified atom stereocenters. The summed E-state index contributed by atoms with van der Waals surface area (Å²) in [5.74, 6) is 0.286. The van der Waals surface area contributed by atoms with Crippen LogP contribution in [0.3, 0.4) is 0 Å². The van der Waals surface area contributed by atoms with E-state index < -0.39 is 0 Å². The van der Waals surface area contributed by atoms with Crippen molar-refractivity contribution in [2.75, 3.05) is 0 Å². The second-order valence-electron chi connectivity index (χ2n) is 1.87. The Labute approximate surface area is 77.9 Å². The normalized spacial score (nSPS) is 25.3. The minimum atomic E-state index is 0.0695. The van der Waals surface area contributed by atoms with E-state index in [1.54, 1.807) is 12.2 Å². The van der Waals surface area contributed by atoms with Gasteiger partial charge in [0, 0.05) is 0 Å². The van der Waals surface area contributed by atoms with Crippen molar-refractivity contribution in [2.24, 2.45) is 5.92 Å². The monoisotopic (exact) mass is 335 g/mol. The van der Waals surface area contributed by atoms with E-state index in [9.17, 15) is 4.79 Å². The van der Waals surface area contributed by atoms with Gasteiger partial charge in [0.05, 0.1) is 0 Å². The Morgan fingerprint density at radius 1 is 1.60 bits per heavy atom. The van der Waals surface area contributed by atoms with Crippen LogP contribution in [0.5, 0.6) is 0 Å². The average Bonchev–Trinajstić information content (AvgIpc) is 1.94. The maximum atomic E-state index is 11.0. The number of ketones is 1. The number of hydrogen-bond donors (Lipinski definition) is 0. The van der Waals surface area contributed by atoms with Crippen molar-refractivity contribution in [1.29, 1.82) is 0 Å². The number of carbonyl (C=O) groups excluding carboxylic acids is 1. The summed E-state index contributed by atoms with van der Waals surface area (Å²) in [5, 5.41) is 0. The molecule has 0 aliphatic heterocycles. The van der Waals surface area contributed by atoms with Gasteiger partial charge >= 0.3 is 78.3 Å². The van der Waals surface area contributed by atoms with Crippen LogP contribution in [0.25, 0.3) is 0 Å². The molecule has 0 aromatic carbocycles. The van der Waals surface area contributed by atoms with Crippen LogP contribution in [-0.4, -0.2) is 10.4 Å². The van der Waals surface area contributed by atoms with Gasteiger partial charge in [0.2, 0.25) is 0 Å². The standard InChI is InChI=1S/C7H6O.HI.Ru/c1-6-4-2-3-5-7(6)8;;/h1-6H;1H;/q;;+1/p-1. The van der Waals surface area contributed by atoms with E-state index in [1.807, 2.05) is 12.2 Å². The van der Waals surface area contributed by atoms with E-state index >= 15 is 0 Å². The molecule has 0 bridgehead atoms. The van der Waals surface area contributed by atoms with Crippen LogP contribution >= 0.6 is 19.8 Å². The van der Waals surface area contributed by atoms with Gasteiger partial charge in [-0.15, -0.1) is 0 Å². The number of allylic oxidation sites excluding steroid dienone is 4. The second kappa shape index (κ2) is 4.29. The molecule has 0 saturated carbocycles. The minimum absolute atomic E-state index is 0.0695. The average molecular weight is 334 g/mol. The topological polar surface area (TPSA) is 17.1 Å². The molecule has 0 aromatic rings. The van der Waals surface area contributed by atoms with Gasteiger partial charge in [0.1, 0.15) is 0 Å². The summed E-state index contributed by atoms with van der Waals surface area (Å²) in [6.45, 7) is 0. The number of carbonyl (C=O) groups is 1. The summed E-state index contributed by atoms with van der Waals surface area (Å²) in [6, 6.07) is 0. The van der Waals surface area contributed by atoms with Crippen molar-refractivity contribution in [1.82, 2.24) is 0 Å². The first-order valence-corrected chi connectivity index (χ1v) is 8.96. The van der Waals surface area contributed by atoms with E-state index in [0.29, 0.717) is 0 Å². The van der Waals surface area contributed by atoms with Crippen LogP contribution in [-0.2, 0) is 18.0 Å². The third-order valence-corrected chi connectivity index (χ3v) is 3.54. The molecule has 1 aliphatic carbocycles. The third-order valence-electron chi connectivity index (χ3n) is 1.19. The number of rotatable bonds is 1. The quantitative estimate of drug-likeness (QED) is 0.525. The first-order chi connectivity index (χ1) is 4.84. The van der Waals surface area contributed by atoms with Crippen LogP contribution in [0.2, 0.25) is 0 Å². The zero-order chi connectivity index (χ0) is 7.40. The molecule has 0 saturated heterocycles. The van der Waals surface area contributed by atoms with E-state index in [-0.39, 0.29) is 24.9 Å². The van der Waals surface area contributed by atoms with Gasteiger partial charge in [-0.3, -0.25) is 0 Å². The summed E-state index contributed by atoms with van der Waals surface area (Å²) in [7, 11) is 0. The Hall–Kier alpha value is 0.373. The van der Waals surface area contributed by atoms with Gasteiger partial charge < -0.3 is 0 Å². The Balaban J connectivity index is 2.70. The molecule has 55 valence electrons. The van der Waals surface area contributed by atoms with E-state index in [2.05, 4.69) is 24.4 Å². The third kappa shape index (κ3) is 2.20. The Morgan fingerprint density at radius 3 is 3.00 bits per heavy atom. The molecule has 1 nitrogen and oxygen atoms in total. The fraction of sp³-hybridized carbons (Fsp3) is 0.143. The van der Waals surface area contributed by atoms with E-state index in [4.69, 9.17) is 0 Å². The molecule has 3 heteroatoms. The van der Waals surface area contributed by atoms with E-state index in [1.165, 1.54) is 0 Å². The molecule has 0 radical (unpaired) electrons. The molecule has 0 N–H and O–H groups in total. The summed E-state index contributed by atoms with van der Waals surface area (Å²) in [6.07, 6.45) is 7.29. The van der Waals surface area contributed by atoms with Crippen LogP contribution in [0.15, 0.2) is 24.3 Å². The summed E-state index contributed by atoms with van der Waals surface area (Å²) in [5.41, 5.74) is 0. The fourth-order valence-corrected chi connectivity index (χ4v) is 3.02. The van der Waals surface area contributed by atoms with Crippen LogP contribution in [0.1, 0.15) is 0 Å². The summed E-state index contributed by atoms with van der Waals surface area (Å²) >= 11 is 2.57. The Bertz CT molecular complexity index is 218. The fourth-order valence-electron chi connectivity index (χ4n) is 0.686. The molecule has 0 fully saturated rings. The SMILES string of the molecule is O=C1C=CC=CC1[CH]=[Ru][I]. The molecule has 0 amide bonds. The van der Waals surface area contributed by atoms with Crippen molar-refractivity contribution >= 4 is 30.1 Å². The van der Waals surface area contributed by atoms with E-state index in [0.717, 1.165) is 0 Å². The Kier molecular flexibility index (Phi) is 3.64. The van der Waals surface area contributed by atoms with Crippen molar-refractivity contribution in [3.05, 3.63) is 24.3 Å². The summed E-state index contributed by atoms with van der Waals surface area (Å²) in [4.78, 5) is 11.0. The molecule has 1 atom stereocenters. The van der Waals surface area contributed by atoms with Crippen LogP contribution in [0.4, 0.5) is 0 Å². The zero-order valence-electron chi connectivity index (χ0n) is 5.10. The summed E-state index contributed by atoms with van der Waals surface area (Å²) < 4.78 is 2.09. The Morgan fingerprint density at radius 2 is 2.40 bits per heavy atom. The predicted octanol–water partition coefficient (Wildman–Crippen LogP) is 1.53. The molecule has 0 aromatic heterocycles. The van der Waals surface area contributed by atoms with Crippen molar-refractivity contribution in [3.63, 3.8) is 0 Å². The number of halogens is 1. The van der Waals surface area contributed by atoms with Gasteiger partial charge in [-0.2, -0.15) is 0 Å². The second-order valence-corrected chi connectivity index (χ2v) is 5.43. The van der Waals surface area contributed by atoms with Crippen molar-refractivity contribution in [3.8, 4) is 0 Å². The van der Waals surface area contributed by atoms with Gasteiger partial charge in [-0.25, -0.2) is 0 Å². The van der Waals surface area contributed by atoms with Gasteiger partial charge in [0.25, 0.3) is 0 Å². The molecular weight excluding hydrogens is 328 g/mol. The molecule has 0 heterocycles. The van der Waals surface area contributed by atoms with Crippen molar-refractivity contribution in [2.45, 2.75) is 0 Å². The molecule has 1 rings (SSSR count). The molecule has 1 aliphatic rings. The zero-order valence-corrected chi connectivity index (χ0v) is 9.00. The van der Waals surface area contributed by atoms with Crippen molar-refractivity contribution < 1.29 is 18.0 Å².